The second-order valence-electron chi connectivity index (χ2n) is 12.6. The number of hydrogen-bond acceptors (Lipinski definition) is 10. The lowest BCUT2D eigenvalue weighted by Gasteiger charge is -2.32. The van der Waals surface area contributed by atoms with Gasteiger partial charge < -0.3 is 40.9 Å². The van der Waals surface area contributed by atoms with E-state index in [4.69, 9.17) is 20.4 Å². The highest BCUT2D eigenvalue weighted by Gasteiger charge is 2.28. The molecule has 264 valence electrons. The van der Waals surface area contributed by atoms with Crippen LogP contribution in [0.2, 0.25) is 0 Å². The number of likely N-dealkylation sites (tertiary alicyclic amines) is 1. The molecule has 4 aromatic rings. The van der Waals surface area contributed by atoms with Gasteiger partial charge in [-0.3, -0.25) is 14.5 Å². The van der Waals surface area contributed by atoms with Gasteiger partial charge in [0.15, 0.2) is 28.3 Å². The first-order chi connectivity index (χ1) is 23.4. The van der Waals surface area contributed by atoms with E-state index in [2.05, 4.69) is 39.6 Å². The maximum absolute atomic E-state index is 13.2. The zero-order valence-electron chi connectivity index (χ0n) is 28.7. The van der Waals surface area contributed by atoms with E-state index in [1.807, 2.05) is 52.8 Å². The molecule has 0 bridgehead atoms. The summed E-state index contributed by atoms with van der Waals surface area (Å²) in [6.45, 7) is 13.6. The molecule has 16 nitrogen and oxygen atoms in total. The zero-order valence-corrected chi connectivity index (χ0v) is 28.7. The summed E-state index contributed by atoms with van der Waals surface area (Å²) in [7, 11) is 0. The number of nitrogens with one attached hydrogen (secondary N) is 3. The van der Waals surface area contributed by atoms with Gasteiger partial charge in [-0.2, -0.15) is 0 Å². The minimum absolute atomic E-state index is 0.0877. The van der Waals surface area contributed by atoms with Gasteiger partial charge in [0.25, 0.3) is 11.7 Å². The van der Waals surface area contributed by atoms with Crippen molar-refractivity contribution in [2.24, 2.45) is 0 Å². The summed E-state index contributed by atoms with van der Waals surface area (Å²) in [4.78, 5) is 61.5. The Hall–Kier alpha value is -5.25. The van der Waals surface area contributed by atoms with Crippen molar-refractivity contribution < 1.29 is 33.6 Å². The number of hydrogen-bond donors (Lipinski definition) is 4. The summed E-state index contributed by atoms with van der Waals surface area (Å²) in [5.74, 6) is 1.19. The predicted octanol–water partition coefficient (Wildman–Crippen LogP) is 1.07. The molecule has 3 aromatic heterocycles. The Balaban J connectivity index is 0.00000174. The molecule has 5 N–H and O–H groups in total. The number of nitrogens with zero attached hydrogens (tertiary/aromatic N) is 6. The lowest BCUT2D eigenvalue weighted by Crippen LogP contribution is -2.47. The van der Waals surface area contributed by atoms with Crippen LogP contribution in [0.3, 0.4) is 0 Å². The minimum Gasteiger partial charge on any atom is -0.554 e. The first kappa shape index (κ1) is 36.6. The number of rotatable bonds is 11. The number of aromatic nitrogens is 5. The SMILES string of the molecule is CCn1c(CN(C=O)c2nc3cc[nH]c3nc2N)[n+](CC)c2ccc(C(=O)NCCN3CCC(NC(=O)OC(C)(C)C)CC3)cc21.O=C[O-]. The van der Waals surface area contributed by atoms with Crippen molar-refractivity contribution in [2.75, 3.05) is 36.8 Å². The smallest absolute Gasteiger partial charge is 0.407 e. The van der Waals surface area contributed by atoms with Crippen molar-refractivity contribution in [3.05, 3.63) is 41.9 Å². The summed E-state index contributed by atoms with van der Waals surface area (Å²) in [6.07, 6.45) is 3.73. The summed E-state index contributed by atoms with van der Waals surface area (Å²) in [6, 6.07) is 7.57. The van der Waals surface area contributed by atoms with Gasteiger partial charge in [0, 0.05) is 56.5 Å². The summed E-state index contributed by atoms with van der Waals surface area (Å²) < 4.78 is 9.62. The Kier molecular flexibility index (Phi) is 12.1. The number of aromatic amines is 1. The molecule has 0 atom stereocenters. The zero-order chi connectivity index (χ0) is 35.7. The number of carboxylic acid groups (broad SMARTS) is 1. The monoisotopic (exact) mass is 678 g/mol. The summed E-state index contributed by atoms with van der Waals surface area (Å²) >= 11 is 0. The van der Waals surface area contributed by atoms with Gasteiger partial charge in [0.1, 0.15) is 17.7 Å². The van der Waals surface area contributed by atoms with Crippen LogP contribution in [0.25, 0.3) is 22.2 Å². The van der Waals surface area contributed by atoms with Crippen molar-refractivity contribution >= 4 is 58.7 Å². The molecular formula is C33H46N10O6. The number of imidazole rings is 1. The Bertz CT molecular complexity index is 1770. The third-order valence-corrected chi connectivity index (χ3v) is 8.20. The maximum Gasteiger partial charge on any atom is 0.407 e. The van der Waals surface area contributed by atoms with Gasteiger partial charge in [-0.1, -0.05) is 0 Å². The van der Waals surface area contributed by atoms with Gasteiger partial charge in [-0.05, 0) is 65.7 Å². The van der Waals surface area contributed by atoms with Crippen LogP contribution < -0.4 is 30.9 Å². The first-order valence-electron chi connectivity index (χ1n) is 16.4. The van der Waals surface area contributed by atoms with E-state index >= 15 is 0 Å². The Labute approximate surface area is 284 Å². The number of carbonyl (C=O) groups is 4. The number of aryl methyl sites for hydroxylation is 2. The average Bonchev–Trinajstić information content (AvgIpc) is 3.63. The largest absolute Gasteiger partial charge is 0.554 e. The van der Waals surface area contributed by atoms with Crippen molar-refractivity contribution in [3.63, 3.8) is 0 Å². The van der Waals surface area contributed by atoms with E-state index in [1.165, 1.54) is 4.90 Å². The van der Waals surface area contributed by atoms with E-state index in [-0.39, 0.29) is 30.4 Å². The molecule has 3 amide bonds. The van der Waals surface area contributed by atoms with E-state index in [0.29, 0.717) is 42.2 Å². The van der Waals surface area contributed by atoms with Crippen LogP contribution in [0.1, 0.15) is 63.6 Å². The lowest BCUT2D eigenvalue weighted by atomic mass is 10.1. The minimum atomic E-state index is -0.520. The van der Waals surface area contributed by atoms with Crippen LogP contribution >= 0.6 is 0 Å². The van der Waals surface area contributed by atoms with Gasteiger partial charge in [0.2, 0.25) is 6.41 Å². The van der Waals surface area contributed by atoms with Crippen molar-refractivity contribution in [1.82, 2.24) is 35.1 Å². The average molecular weight is 679 g/mol. The van der Waals surface area contributed by atoms with Crippen molar-refractivity contribution in [1.29, 1.82) is 0 Å². The molecular weight excluding hydrogens is 632 g/mol. The standard InChI is InChI=1S/C32H44N10O4.CH2O2/c1-6-41-24-9-8-21(30(44)35-14-17-39-15-11-22(12-16-39)36-31(45)46-32(3,4)5)18-25(24)42(7-2)26(41)19-40(20-43)29-27(33)38-28-23(37-29)10-13-34-28;2-1-3/h8-10,13,18,20,22H,6-7,11-12,14-17,19H2,1-5H3,(H4-,33,34,35,36,37,38,44,45);1H,(H,2,3). The van der Waals surface area contributed by atoms with Crippen molar-refractivity contribution in [3.8, 4) is 0 Å². The quantitative estimate of drug-likeness (QED) is 0.131. The lowest BCUT2D eigenvalue weighted by molar-refractivity contribution is -0.676. The molecule has 0 spiro atoms. The van der Waals surface area contributed by atoms with Gasteiger partial charge in [-0.25, -0.2) is 23.9 Å². The molecule has 0 saturated carbocycles. The molecule has 0 aliphatic carbocycles. The number of ether oxygens (including phenoxy) is 1. The third kappa shape index (κ3) is 9.01. The van der Waals surface area contributed by atoms with Crippen LogP contribution in [0.5, 0.6) is 0 Å². The molecule has 0 radical (unpaired) electrons. The predicted molar refractivity (Wildman–Crippen MR) is 181 cm³/mol. The van der Waals surface area contributed by atoms with Gasteiger partial charge >= 0.3 is 6.09 Å². The van der Waals surface area contributed by atoms with Crippen LogP contribution in [0, 0.1) is 0 Å². The summed E-state index contributed by atoms with van der Waals surface area (Å²) in [5.41, 5.74) is 9.28. The fourth-order valence-electron chi connectivity index (χ4n) is 6.01. The number of nitrogens with two attached hydrogens (primary N) is 1. The number of alkyl carbamates (subject to hydrolysis) is 1. The number of benzene rings is 1. The van der Waals surface area contributed by atoms with Gasteiger partial charge in [0.05, 0.1) is 13.1 Å². The normalized spacial score (nSPS) is 13.8. The molecule has 1 aliphatic rings. The molecule has 1 fully saturated rings. The molecule has 0 unspecified atom stereocenters. The molecule has 1 aromatic carbocycles. The Morgan fingerprint density at radius 3 is 2.53 bits per heavy atom. The first-order valence-corrected chi connectivity index (χ1v) is 16.4. The number of nitrogen functional groups attached to an aromatic ring is 1. The van der Waals surface area contributed by atoms with E-state index in [0.717, 1.165) is 55.7 Å². The summed E-state index contributed by atoms with van der Waals surface area (Å²) in [5, 5.41) is 14.3. The highest BCUT2D eigenvalue weighted by molar-refractivity contribution is 5.97. The Morgan fingerprint density at radius 1 is 1.18 bits per heavy atom. The number of amides is 3. The number of anilines is 2. The fourth-order valence-corrected chi connectivity index (χ4v) is 6.01. The fraction of sp³-hybridized carbons (Fsp3) is 0.485. The van der Waals surface area contributed by atoms with Gasteiger partial charge in [-0.15, -0.1) is 0 Å². The molecule has 1 aliphatic heterocycles. The Morgan fingerprint density at radius 2 is 1.90 bits per heavy atom. The van der Waals surface area contributed by atoms with E-state index in [9.17, 15) is 14.4 Å². The second kappa shape index (κ2) is 16.2. The van der Waals surface area contributed by atoms with Crippen molar-refractivity contribution in [2.45, 2.75) is 78.7 Å². The van der Waals surface area contributed by atoms with E-state index in [1.54, 1.807) is 12.3 Å². The highest BCUT2D eigenvalue weighted by atomic mass is 16.6. The molecule has 5 rings (SSSR count). The highest BCUT2D eigenvalue weighted by Crippen LogP contribution is 2.24. The molecule has 16 heteroatoms. The van der Waals surface area contributed by atoms with Crippen LogP contribution in [0.4, 0.5) is 16.4 Å². The molecule has 4 heterocycles. The number of carbonyl (C=O) groups excluding carboxylic acids is 4. The number of H-pyrrole nitrogens is 1. The van der Waals surface area contributed by atoms with Crippen LogP contribution in [-0.4, -0.2) is 87.1 Å². The maximum atomic E-state index is 13.2. The molecule has 49 heavy (non-hydrogen) atoms. The van der Waals surface area contributed by atoms with E-state index < -0.39 is 12.1 Å². The third-order valence-electron chi connectivity index (χ3n) is 8.20. The second-order valence-corrected chi connectivity index (χ2v) is 12.6. The number of piperidine rings is 1. The molecule has 1 saturated heterocycles. The topological polar surface area (TPSA) is 208 Å². The van der Waals surface area contributed by atoms with Crippen LogP contribution in [0.15, 0.2) is 30.5 Å². The van der Waals surface area contributed by atoms with Crippen LogP contribution in [-0.2, 0) is 34.0 Å². The number of fused-ring (bicyclic) bond motifs is 2.